The number of nitrogens with two attached hydrogens (primary N) is 1. The number of rotatable bonds is 2. The maximum Gasteiger partial charge on any atom is 0.170 e. The number of halogens is 1. The van der Waals surface area contributed by atoms with Crippen LogP contribution in [0.5, 0.6) is 0 Å². The van der Waals surface area contributed by atoms with Crippen molar-refractivity contribution >= 4 is 23.1 Å². The normalized spacial score (nSPS) is 10.2. The highest BCUT2D eigenvalue weighted by Gasteiger charge is 2.08. The van der Waals surface area contributed by atoms with Crippen LogP contribution in [0.15, 0.2) is 35.6 Å². The predicted octanol–water partition coefficient (Wildman–Crippen LogP) is 2.51. The van der Waals surface area contributed by atoms with Crippen molar-refractivity contribution < 1.29 is 0 Å². The molecule has 2 rings (SSSR count). The van der Waals surface area contributed by atoms with Crippen molar-refractivity contribution in [3.05, 3.63) is 40.4 Å². The standard InChI is InChI=1S/C9H7ClN4O/c10-6-1-3-7(4-2-6)14-9(11)8(13-15)5-12-14/h1-5H,11H2. The largest absolute Gasteiger partial charge is 0.382 e. The van der Waals surface area contributed by atoms with E-state index in [1.807, 2.05) is 0 Å². The zero-order valence-electron chi connectivity index (χ0n) is 7.59. The Bertz CT molecular complexity index is 491. The fourth-order valence-electron chi connectivity index (χ4n) is 1.21. The molecule has 0 atom stereocenters. The van der Waals surface area contributed by atoms with Gasteiger partial charge in [0.25, 0.3) is 0 Å². The van der Waals surface area contributed by atoms with Gasteiger partial charge < -0.3 is 5.73 Å². The number of anilines is 1. The number of nitroso groups, excluding NO2 is 1. The fraction of sp³-hybridized carbons (Fsp3) is 0. The molecule has 0 aliphatic rings. The van der Waals surface area contributed by atoms with Crippen LogP contribution in [0.3, 0.4) is 0 Å². The quantitative estimate of drug-likeness (QED) is 0.794. The Morgan fingerprint density at radius 1 is 1.33 bits per heavy atom. The molecule has 0 aliphatic heterocycles. The Labute approximate surface area is 90.4 Å². The van der Waals surface area contributed by atoms with E-state index in [2.05, 4.69) is 10.3 Å². The van der Waals surface area contributed by atoms with E-state index >= 15 is 0 Å². The minimum Gasteiger partial charge on any atom is -0.382 e. The Kier molecular flexibility index (Phi) is 2.39. The van der Waals surface area contributed by atoms with Crippen molar-refractivity contribution in [2.45, 2.75) is 0 Å². The molecule has 1 aromatic heterocycles. The van der Waals surface area contributed by atoms with Crippen molar-refractivity contribution in [1.29, 1.82) is 0 Å². The highest BCUT2D eigenvalue weighted by atomic mass is 35.5. The molecule has 76 valence electrons. The smallest absolute Gasteiger partial charge is 0.170 e. The van der Waals surface area contributed by atoms with Crippen LogP contribution >= 0.6 is 11.6 Å². The number of nitrogens with zero attached hydrogens (tertiary/aromatic N) is 3. The van der Waals surface area contributed by atoms with Crippen molar-refractivity contribution in [2.75, 3.05) is 5.73 Å². The maximum absolute atomic E-state index is 10.3. The lowest BCUT2D eigenvalue weighted by Crippen LogP contribution is -2.01. The Balaban J connectivity index is 2.49. The molecule has 15 heavy (non-hydrogen) atoms. The van der Waals surface area contributed by atoms with Crippen molar-refractivity contribution in [3.8, 4) is 5.69 Å². The van der Waals surface area contributed by atoms with Crippen LogP contribution in [0.2, 0.25) is 5.02 Å². The molecular formula is C9H7ClN4O. The van der Waals surface area contributed by atoms with E-state index in [4.69, 9.17) is 17.3 Å². The van der Waals surface area contributed by atoms with Gasteiger partial charge in [-0.25, -0.2) is 4.68 Å². The van der Waals surface area contributed by atoms with Crippen molar-refractivity contribution in [3.63, 3.8) is 0 Å². The first-order chi connectivity index (χ1) is 7.22. The van der Waals surface area contributed by atoms with Gasteiger partial charge in [-0.05, 0) is 29.4 Å². The summed E-state index contributed by atoms with van der Waals surface area (Å²) in [4.78, 5) is 10.3. The molecule has 0 aliphatic carbocycles. The van der Waals surface area contributed by atoms with Gasteiger partial charge in [0.1, 0.15) is 0 Å². The Morgan fingerprint density at radius 2 is 2.00 bits per heavy atom. The highest BCUT2D eigenvalue weighted by Crippen LogP contribution is 2.24. The third kappa shape index (κ3) is 1.69. The first-order valence-electron chi connectivity index (χ1n) is 4.15. The average Bonchev–Trinajstić information content (AvgIpc) is 2.61. The van der Waals surface area contributed by atoms with Crippen LogP contribution < -0.4 is 5.73 Å². The molecule has 2 N–H and O–H groups in total. The van der Waals surface area contributed by atoms with Crippen molar-refractivity contribution in [1.82, 2.24) is 9.78 Å². The summed E-state index contributed by atoms with van der Waals surface area (Å²) < 4.78 is 1.42. The molecule has 0 radical (unpaired) electrons. The Morgan fingerprint density at radius 3 is 2.53 bits per heavy atom. The average molecular weight is 223 g/mol. The number of hydrogen-bond acceptors (Lipinski definition) is 4. The summed E-state index contributed by atoms with van der Waals surface area (Å²) in [6.45, 7) is 0. The number of nitrogen functional groups attached to an aromatic ring is 1. The van der Waals surface area contributed by atoms with Gasteiger partial charge in [0.05, 0.1) is 11.9 Å². The number of benzene rings is 1. The molecule has 0 unspecified atom stereocenters. The van der Waals surface area contributed by atoms with Gasteiger partial charge in [0.2, 0.25) is 0 Å². The molecule has 0 spiro atoms. The lowest BCUT2D eigenvalue weighted by atomic mass is 10.3. The van der Waals surface area contributed by atoms with Gasteiger partial charge in [-0.2, -0.15) is 5.10 Å². The van der Waals surface area contributed by atoms with E-state index in [0.29, 0.717) is 5.02 Å². The SMILES string of the molecule is Nc1c(N=O)cnn1-c1ccc(Cl)cc1. The predicted molar refractivity (Wildman–Crippen MR) is 58.4 cm³/mol. The van der Waals surface area contributed by atoms with E-state index in [0.717, 1.165) is 5.69 Å². The fourth-order valence-corrected chi connectivity index (χ4v) is 1.33. The van der Waals surface area contributed by atoms with E-state index in [-0.39, 0.29) is 11.5 Å². The molecule has 1 heterocycles. The summed E-state index contributed by atoms with van der Waals surface area (Å²) in [5.74, 6) is 0.215. The lowest BCUT2D eigenvalue weighted by molar-refractivity contribution is 0.891. The van der Waals surface area contributed by atoms with E-state index in [1.54, 1.807) is 24.3 Å². The van der Waals surface area contributed by atoms with Crippen molar-refractivity contribution in [2.24, 2.45) is 5.18 Å². The van der Waals surface area contributed by atoms with E-state index in [1.165, 1.54) is 10.9 Å². The first kappa shape index (κ1) is 9.67. The molecule has 0 fully saturated rings. The van der Waals surface area contributed by atoms with Crippen LogP contribution in [0.4, 0.5) is 11.5 Å². The second-order valence-electron chi connectivity index (χ2n) is 2.89. The van der Waals surface area contributed by atoms with Gasteiger partial charge in [0.15, 0.2) is 11.5 Å². The molecule has 6 heteroatoms. The summed E-state index contributed by atoms with van der Waals surface area (Å²) in [5.41, 5.74) is 6.52. The third-order valence-electron chi connectivity index (χ3n) is 1.96. The summed E-state index contributed by atoms with van der Waals surface area (Å²) in [7, 11) is 0. The summed E-state index contributed by atoms with van der Waals surface area (Å²) >= 11 is 5.74. The Hall–Kier alpha value is -1.88. The van der Waals surface area contributed by atoms with Gasteiger partial charge in [-0.15, -0.1) is 4.91 Å². The zero-order valence-corrected chi connectivity index (χ0v) is 8.35. The molecule has 0 saturated carbocycles. The van der Waals surface area contributed by atoms with Crippen LogP contribution in [-0.2, 0) is 0 Å². The molecule has 0 amide bonds. The number of aromatic nitrogens is 2. The summed E-state index contributed by atoms with van der Waals surface area (Å²) in [5, 5.41) is 7.31. The maximum atomic E-state index is 10.3. The summed E-state index contributed by atoms with van der Waals surface area (Å²) in [6, 6.07) is 6.93. The molecule has 0 bridgehead atoms. The minimum absolute atomic E-state index is 0.130. The first-order valence-corrected chi connectivity index (χ1v) is 4.53. The molecule has 2 aromatic rings. The highest BCUT2D eigenvalue weighted by molar-refractivity contribution is 6.30. The van der Waals surface area contributed by atoms with E-state index < -0.39 is 0 Å². The molecule has 1 aromatic carbocycles. The van der Waals surface area contributed by atoms with Gasteiger partial charge in [-0.1, -0.05) is 11.6 Å². The van der Waals surface area contributed by atoms with Crippen LogP contribution in [0.25, 0.3) is 5.69 Å². The van der Waals surface area contributed by atoms with Gasteiger partial charge >= 0.3 is 0 Å². The van der Waals surface area contributed by atoms with Crippen LogP contribution in [0, 0.1) is 4.91 Å². The second kappa shape index (κ2) is 3.70. The molecular weight excluding hydrogens is 216 g/mol. The van der Waals surface area contributed by atoms with Crippen LogP contribution in [0.1, 0.15) is 0 Å². The lowest BCUT2D eigenvalue weighted by Gasteiger charge is -2.03. The zero-order chi connectivity index (χ0) is 10.8. The second-order valence-corrected chi connectivity index (χ2v) is 3.33. The van der Waals surface area contributed by atoms with Gasteiger partial charge in [0, 0.05) is 5.02 Å². The summed E-state index contributed by atoms with van der Waals surface area (Å²) in [6.07, 6.45) is 1.32. The minimum atomic E-state index is 0.130. The monoisotopic (exact) mass is 222 g/mol. The number of hydrogen-bond donors (Lipinski definition) is 1. The third-order valence-corrected chi connectivity index (χ3v) is 2.21. The molecule has 0 saturated heterocycles. The van der Waals surface area contributed by atoms with Gasteiger partial charge in [-0.3, -0.25) is 0 Å². The molecule has 5 nitrogen and oxygen atoms in total. The van der Waals surface area contributed by atoms with E-state index in [9.17, 15) is 4.91 Å². The van der Waals surface area contributed by atoms with Crippen LogP contribution in [-0.4, -0.2) is 9.78 Å². The topological polar surface area (TPSA) is 73.3 Å².